The van der Waals surface area contributed by atoms with Crippen LogP contribution in [0.4, 0.5) is 0 Å². The average molecular weight is 209 g/mol. The molecule has 1 N–H and O–H groups in total. The van der Waals surface area contributed by atoms with Crippen molar-refractivity contribution in [2.45, 2.75) is 45.2 Å². The maximum Gasteiger partial charge on any atom is 0.0216 e. The van der Waals surface area contributed by atoms with E-state index in [2.05, 4.69) is 29.1 Å². The van der Waals surface area contributed by atoms with Gasteiger partial charge in [-0.1, -0.05) is 12.8 Å². The van der Waals surface area contributed by atoms with E-state index in [0.717, 1.165) is 12.5 Å². The largest absolute Gasteiger partial charge is 0.310 e. The molecule has 1 aliphatic rings. The molecule has 0 aromatic carbocycles. The smallest absolute Gasteiger partial charge is 0.0216 e. The predicted molar refractivity (Wildman–Crippen MR) is 62.6 cm³/mol. The highest BCUT2D eigenvalue weighted by molar-refractivity contribution is 7.07. The molecule has 1 fully saturated rings. The van der Waals surface area contributed by atoms with Crippen molar-refractivity contribution >= 4 is 11.3 Å². The minimum Gasteiger partial charge on any atom is -0.310 e. The van der Waals surface area contributed by atoms with Gasteiger partial charge in [-0.2, -0.15) is 11.3 Å². The third-order valence-electron chi connectivity index (χ3n) is 3.32. The van der Waals surface area contributed by atoms with Gasteiger partial charge in [0.2, 0.25) is 0 Å². The first kappa shape index (κ1) is 10.2. The van der Waals surface area contributed by atoms with Gasteiger partial charge in [0.15, 0.2) is 0 Å². The summed E-state index contributed by atoms with van der Waals surface area (Å²) in [5, 5.41) is 8.01. The van der Waals surface area contributed by atoms with Gasteiger partial charge in [0, 0.05) is 12.6 Å². The van der Waals surface area contributed by atoms with Crippen molar-refractivity contribution in [2.24, 2.45) is 5.92 Å². The lowest BCUT2D eigenvalue weighted by atomic mass is 10.00. The van der Waals surface area contributed by atoms with Crippen LogP contribution in [-0.4, -0.2) is 6.04 Å². The van der Waals surface area contributed by atoms with Crippen LogP contribution in [0.25, 0.3) is 0 Å². The van der Waals surface area contributed by atoms with Crippen LogP contribution in [0.5, 0.6) is 0 Å². The molecule has 1 atom stereocenters. The molecule has 1 aliphatic carbocycles. The Morgan fingerprint density at radius 1 is 1.50 bits per heavy atom. The Morgan fingerprint density at radius 3 is 2.93 bits per heavy atom. The van der Waals surface area contributed by atoms with Crippen molar-refractivity contribution in [1.29, 1.82) is 0 Å². The average Bonchev–Trinajstić information content (AvgIpc) is 2.87. The Balaban J connectivity index is 1.74. The van der Waals surface area contributed by atoms with E-state index in [1.165, 1.54) is 31.2 Å². The Bertz CT molecular complexity index is 249. The highest BCUT2D eigenvalue weighted by Gasteiger charge is 2.20. The van der Waals surface area contributed by atoms with Crippen molar-refractivity contribution in [3.05, 3.63) is 22.4 Å². The molecule has 1 saturated carbocycles. The molecular weight excluding hydrogens is 190 g/mol. The molecule has 0 saturated heterocycles. The summed E-state index contributed by atoms with van der Waals surface area (Å²) in [6, 6.07) is 2.90. The highest BCUT2D eigenvalue weighted by Crippen LogP contribution is 2.27. The van der Waals surface area contributed by atoms with Crippen molar-refractivity contribution in [2.75, 3.05) is 0 Å². The van der Waals surface area contributed by atoms with Gasteiger partial charge in [0.25, 0.3) is 0 Å². The summed E-state index contributed by atoms with van der Waals surface area (Å²) in [6.45, 7) is 3.38. The fourth-order valence-corrected chi connectivity index (χ4v) is 2.96. The van der Waals surface area contributed by atoms with Gasteiger partial charge in [0.1, 0.15) is 0 Å². The Kier molecular flexibility index (Phi) is 3.60. The van der Waals surface area contributed by atoms with E-state index in [4.69, 9.17) is 0 Å². The molecule has 14 heavy (non-hydrogen) atoms. The Morgan fingerprint density at radius 2 is 2.29 bits per heavy atom. The molecule has 1 aromatic rings. The zero-order valence-corrected chi connectivity index (χ0v) is 9.65. The van der Waals surface area contributed by atoms with Crippen LogP contribution in [0.3, 0.4) is 0 Å². The summed E-state index contributed by atoms with van der Waals surface area (Å²) in [7, 11) is 0. The molecule has 0 bridgehead atoms. The van der Waals surface area contributed by atoms with E-state index < -0.39 is 0 Å². The first-order valence-corrected chi connectivity index (χ1v) is 6.55. The fourth-order valence-electron chi connectivity index (χ4n) is 2.30. The number of rotatable bonds is 4. The second-order valence-corrected chi connectivity index (χ2v) is 5.13. The topological polar surface area (TPSA) is 12.0 Å². The number of thiophene rings is 1. The van der Waals surface area contributed by atoms with Gasteiger partial charge in [-0.3, -0.25) is 0 Å². The first-order valence-electron chi connectivity index (χ1n) is 5.61. The monoisotopic (exact) mass is 209 g/mol. The van der Waals surface area contributed by atoms with Crippen LogP contribution >= 0.6 is 11.3 Å². The molecule has 0 unspecified atom stereocenters. The molecule has 0 aliphatic heterocycles. The lowest BCUT2D eigenvalue weighted by molar-refractivity contribution is 0.381. The molecule has 0 radical (unpaired) electrons. The minimum atomic E-state index is 0.692. The van der Waals surface area contributed by atoms with E-state index in [-0.39, 0.29) is 0 Å². The first-order chi connectivity index (χ1) is 6.86. The zero-order chi connectivity index (χ0) is 9.80. The Hall–Kier alpha value is -0.340. The highest BCUT2D eigenvalue weighted by atomic mass is 32.1. The third kappa shape index (κ3) is 2.58. The third-order valence-corrected chi connectivity index (χ3v) is 4.05. The van der Waals surface area contributed by atoms with Crippen molar-refractivity contribution in [3.8, 4) is 0 Å². The van der Waals surface area contributed by atoms with Crippen LogP contribution in [0.1, 0.15) is 38.2 Å². The Labute approximate surface area is 90.5 Å². The van der Waals surface area contributed by atoms with E-state index in [1.807, 2.05) is 0 Å². The lowest BCUT2D eigenvalue weighted by Gasteiger charge is -2.19. The van der Waals surface area contributed by atoms with E-state index in [9.17, 15) is 0 Å². The van der Waals surface area contributed by atoms with Gasteiger partial charge in [0.05, 0.1) is 0 Å². The molecule has 2 rings (SSSR count). The zero-order valence-electron chi connectivity index (χ0n) is 8.83. The predicted octanol–water partition coefficient (Wildman–Crippen LogP) is 3.42. The molecule has 1 heterocycles. The number of hydrogen-bond donors (Lipinski definition) is 1. The quantitative estimate of drug-likeness (QED) is 0.801. The fraction of sp³-hybridized carbons (Fsp3) is 0.667. The molecule has 1 nitrogen and oxygen atoms in total. The maximum atomic E-state index is 3.63. The second kappa shape index (κ2) is 4.94. The van der Waals surface area contributed by atoms with Crippen molar-refractivity contribution in [1.82, 2.24) is 5.32 Å². The van der Waals surface area contributed by atoms with Crippen molar-refractivity contribution < 1.29 is 0 Å². The SMILES string of the molecule is C[C@H](NCc1ccsc1)C1CCCC1. The summed E-state index contributed by atoms with van der Waals surface area (Å²) in [5.74, 6) is 0.925. The summed E-state index contributed by atoms with van der Waals surface area (Å²) in [6.07, 6.45) is 5.74. The number of hydrogen-bond acceptors (Lipinski definition) is 2. The standard InChI is InChI=1S/C12H19NS/c1-10(12-4-2-3-5-12)13-8-11-6-7-14-9-11/h6-7,9-10,12-13H,2-5,8H2,1H3/t10-/m0/s1. The lowest BCUT2D eigenvalue weighted by Crippen LogP contribution is -2.31. The molecule has 2 heteroatoms. The normalized spacial score (nSPS) is 20.1. The molecule has 0 amide bonds. The van der Waals surface area contributed by atoms with Gasteiger partial charge in [-0.15, -0.1) is 0 Å². The van der Waals surface area contributed by atoms with Crippen molar-refractivity contribution in [3.63, 3.8) is 0 Å². The molecule has 1 aromatic heterocycles. The molecular formula is C12H19NS. The summed E-state index contributed by atoms with van der Waals surface area (Å²) in [4.78, 5) is 0. The second-order valence-electron chi connectivity index (χ2n) is 4.35. The van der Waals surface area contributed by atoms with Gasteiger partial charge >= 0.3 is 0 Å². The maximum absolute atomic E-state index is 3.63. The van der Waals surface area contributed by atoms with Gasteiger partial charge in [-0.25, -0.2) is 0 Å². The van der Waals surface area contributed by atoms with Crippen LogP contribution in [0, 0.1) is 5.92 Å². The summed E-state index contributed by atoms with van der Waals surface area (Å²) in [5.41, 5.74) is 1.43. The molecule has 78 valence electrons. The van der Waals surface area contributed by atoms with E-state index in [0.29, 0.717) is 6.04 Å². The van der Waals surface area contributed by atoms with Gasteiger partial charge < -0.3 is 5.32 Å². The minimum absolute atomic E-state index is 0.692. The van der Waals surface area contributed by atoms with Crippen LogP contribution < -0.4 is 5.32 Å². The summed E-state index contributed by atoms with van der Waals surface area (Å²) < 4.78 is 0. The molecule has 0 spiro atoms. The summed E-state index contributed by atoms with van der Waals surface area (Å²) >= 11 is 1.78. The van der Waals surface area contributed by atoms with Gasteiger partial charge in [-0.05, 0) is 48.1 Å². The van der Waals surface area contributed by atoms with Crippen LogP contribution in [-0.2, 0) is 6.54 Å². The van der Waals surface area contributed by atoms with E-state index in [1.54, 1.807) is 11.3 Å². The number of nitrogens with one attached hydrogen (secondary N) is 1. The van der Waals surface area contributed by atoms with Crippen LogP contribution in [0.2, 0.25) is 0 Å². The van der Waals surface area contributed by atoms with Crippen LogP contribution in [0.15, 0.2) is 16.8 Å². The van der Waals surface area contributed by atoms with E-state index >= 15 is 0 Å².